The van der Waals surface area contributed by atoms with E-state index in [9.17, 15) is 0 Å². The molecule has 15 heavy (non-hydrogen) atoms. The maximum atomic E-state index is 4.33. The van der Waals surface area contributed by atoms with Gasteiger partial charge >= 0.3 is 0 Å². The Kier molecular flexibility index (Phi) is 1.83. The van der Waals surface area contributed by atoms with E-state index in [1.807, 2.05) is 0 Å². The number of allylic oxidation sites excluding steroid dienone is 1. The third-order valence-electron chi connectivity index (χ3n) is 4.31. The molecular weight excluding hydrogens is 180 g/mol. The predicted octanol–water partition coefficient (Wildman–Crippen LogP) is 3.92. The van der Waals surface area contributed by atoms with Crippen molar-refractivity contribution in [3.8, 4) is 0 Å². The van der Waals surface area contributed by atoms with Crippen LogP contribution in [-0.4, -0.2) is 0 Å². The summed E-state index contributed by atoms with van der Waals surface area (Å²) in [4.78, 5) is 0. The summed E-state index contributed by atoms with van der Waals surface area (Å²) in [7, 11) is 0. The van der Waals surface area contributed by atoms with Crippen molar-refractivity contribution in [2.45, 2.75) is 44.4 Å². The van der Waals surface area contributed by atoms with Crippen molar-refractivity contribution in [2.75, 3.05) is 0 Å². The molecule has 78 valence electrons. The lowest BCUT2D eigenvalue weighted by Gasteiger charge is -2.26. The molecule has 0 nitrogen and oxygen atoms in total. The average molecular weight is 198 g/mol. The Morgan fingerprint density at radius 1 is 1.20 bits per heavy atom. The first kappa shape index (κ1) is 9.21. The molecule has 2 aliphatic rings. The minimum atomic E-state index is 0.378. The van der Waals surface area contributed by atoms with Crippen molar-refractivity contribution in [3.63, 3.8) is 0 Å². The fourth-order valence-corrected chi connectivity index (χ4v) is 3.53. The largest absolute Gasteiger partial charge is 0.0986 e. The van der Waals surface area contributed by atoms with Crippen LogP contribution in [0.5, 0.6) is 0 Å². The molecular formula is C15H18. The zero-order chi connectivity index (χ0) is 10.5. The third-order valence-corrected chi connectivity index (χ3v) is 4.31. The van der Waals surface area contributed by atoms with Crippen LogP contribution in [0.2, 0.25) is 0 Å². The second kappa shape index (κ2) is 2.98. The zero-order valence-corrected chi connectivity index (χ0v) is 9.47. The molecule has 0 atom stereocenters. The summed E-state index contributed by atoms with van der Waals surface area (Å²) in [5, 5.41) is 0. The van der Waals surface area contributed by atoms with Gasteiger partial charge in [0, 0.05) is 5.41 Å². The predicted molar refractivity (Wildman–Crippen MR) is 64.2 cm³/mol. The Labute approximate surface area is 92.0 Å². The molecule has 0 radical (unpaired) electrons. The molecule has 0 bridgehead atoms. The Hall–Kier alpha value is -1.04. The van der Waals surface area contributed by atoms with Crippen LogP contribution in [0.15, 0.2) is 30.4 Å². The van der Waals surface area contributed by atoms with E-state index in [-0.39, 0.29) is 0 Å². The minimum Gasteiger partial charge on any atom is -0.0986 e. The number of hydrogen-bond acceptors (Lipinski definition) is 0. The van der Waals surface area contributed by atoms with Crippen LogP contribution in [0.4, 0.5) is 0 Å². The van der Waals surface area contributed by atoms with Gasteiger partial charge in [-0.25, -0.2) is 0 Å². The van der Waals surface area contributed by atoms with Crippen molar-refractivity contribution < 1.29 is 0 Å². The molecule has 1 saturated carbocycles. The second-order valence-corrected chi connectivity index (χ2v) is 5.23. The Balaban J connectivity index is 2.17. The molecule has 2 aliphatic carbocycles. The van der Waals surface area contributed by atoms with E-state index in [1.54, 1.807) is 11.1 Å². The van der Waals surface area contributed by atoms with E-state index in [4.69, 9.17) is 0 Å². The van der Waals surface area contributed by atoms with E-state index >= 15 is 0 Å². The molecule has 1 fully saturated rings. The quantitative estimate of drug-likeness (QED) is 0.554. The van der Waals surface area contributed by atoms with Gasteiger partial charge in [0.25, 0.3) is 0 Å². The summed E-state index contributed by atoms with van der Waals surface area (Å²) in [6, 6.07) is 6.97. The molecule has 0 aromatic heterocycles. The minimum absolute atomic E-state index is 0.378. The van der Waals surface area contributed by atoms with Crippen molar-refractivity contribution in [1.29, 1.82) is 0 Å². The molecule has 0 N–H and O–H groups in total. The van der Waals surface area contributed by atoms with Gasteiger partial charge in [-0.15, -0.1) is 0 Å². The molecule has 0 aliphatic heterocycles. The van der Waals surface area contributed by atoms with Gasteiger partial charge < -0.3 is 0 Å². The van der Waals surface area contributed by atoms with Crippen LogP contribution < -0.4 is 0 Å². The van der Waals surface area contributed by atoms with E-state index in [0.29, 0.717) is 5.41 Å². The Morgan fingerprint density at radius 3 is 2.67 bits per heavy atom. The van der Waals surface area contributed by atoms with Gasteiger partial charge in [-0.2, -0.15) is 0 Å². The van der Waals surface area contributed by atoms with Gasteiger partial charge in [0.05, 0.1) is 0 Å². The van der Waals surface area contributed by atoms with E-state index in [0.717, 1.165) is 6.42 Å². The first-order chi connectivity index (χ1) is 7.22. The molecule has 0 amide bonds. The normalized spacial score (nSPS) is 22.3. The van der Waals surface area contributed by atoms with Crippen molar-refractivity contribution >= 4 is 0 Å². The highest BCUT2D eigenvalue weighted by atomic mass is 14.5. The third kappa shape index (κ3) is 1.14. The van der Waals surface area contributed by atoms with Crippen molar-refractivity contribution in [2.24, 2.45) is 0 Å². The summed E-state index contributed by atoms with van der Waals surface area (Å²) in [5.74, 6) is 0. The molecule has 0 heteroatoms. The maximum Gasteiger partial charge on any atom is 0.0165 e. The number of fused-ring (bicyclic) bond motifs is 2. The lowest BCUT2D eigenvalue weighted by atomic mass is 9.77. The maximum absolute atomic E-state index is 4.33. The van der Waals surface area contributed by atoms with Crippen LogP contribution in [-0.2, 0) is 11.8 Å². The molecule has 0 unspecified atom stereocenters. The molecule has 1 aromatic rings. The second-order valence-electron chi connectivity index (χ2n) is 5.23. The lowest BCUT2D eigenvalue weighted by Crippen LogP contribution is -2.19. The molecule has 0 heterocycles. The van der Waals surface area contributed by atoms with Gasteiger partial charge in [-0.1, -0.05) is 48.8 Å². The standard InChI is InChI=1S/C15H18/c1-11-5-6-14-13(9-11)10-12(2)15(14)7-3-4-8-15/h5-6,9H,2-4,7-8,10H2,1H3. The van der Waals surface area contributed by atoms with E-state index in [2.05, 4.69) is 31.7 Å². The SMILES string of the molecule is C=C1Cc2cc(C)ccc2C12CCCC2. The van der Waals surface area contributed by atoms with Gasteiger partial charge in [0.15, 0.2) is 0 Å². The highest BCUT2D eigenvalue weighted by Gasteiger charge is 2.43. The van der Waals surface area contributed by atoms with E-state index in [1.165, 1.54) is 36.8 Å². The topological polar surface area (TPSA) is 0 Å². The fraction of sp³-hybridized carbons (Fsp3) is 0.467. The number of benzene rings is 1. The first-order valence-electron chi connectivity index (χ1n) is 6.01. The van der Waals surface area contributed by atoms with Gasteiger partial charge in [-0.05, 0) is 37.3 Å². The molecule has 1 aromatic carbocycles. The Bertz CT molecular complexity index is 420. The summed E-state index contributed by atoms with van der Waals surface area (Å²) in [5.41, 5.74) is 6.37. The van der Waals surface area contributed by atoms with E-state index < -0.39 is 0 Å². The van der Waals surface area contributed by atoms with Gasteiger partial charge in [-0.3, -0.25) is 0 Å². The van der Waals surface area contributed by atoms with Crippen LogP contribution in [0.25, 0.3) is 0 Å². The number of hydrogen-bond donors (Lipinski definition) is 0. The molecule has 3 rings (SSSR count). The number of rotatable bonds is 0. The monoisotopic (exact) mass is 198 g/mol. The fourth-order valence-electron chi connectivity index (χ4n) is 3.53. The zero-order valence-electron chi connectivity index (χ0n) is 9.47. The number of aryl methyl sites for hydroxylation is 1. The summed E-state index contributed by atoms with van der Waals surface area (Å²) >= 11 is 0. The van der Waals surface area contributed by atoms with Crippen LogP contribution in [0.3, 0.4) is 0 Å². The van der Waals surface area contributed by atoms with Gasteiger partial charge in [0.2, 0.25) is 0 Å². The highest BCUT2D eigenvalue weighted by molar-refractivity contribution is 5.51. The average Bonchev–Trinajstić information content (AvgIpc) is 2.76. The van der Waals surface area contributed by atoms with Crippen molar-refractivity contribution in [1.82, 2.24) is 0 Å². The summed E-state index contributed by atoms with van der Waals surface area (Å²) in [6.45, 7) is 6.52. The van der Waals surface area contributed by atoms with Crippen molar-refractivity contribution in [3.05, 3.63) is 47.0 Å². The highest BCUT2D eigenvalue weighted by Crippen LogP contribution is 2.52. The smallest absolute Gasteiger partial charge is 0.0165 e. The van der Waals surface area contributed by atoms with Crippen LogP contribution in [0, 0.1) is 6.92 Å². The first-order valence-corrected chi connectivity index (χ1v) is 6.01. The van der Waals surface area contributed by atoms with Crippen LogP contribution >= 0.6 is 0 Å². The van der Waals surface area contributed by atoms with Gasteiger partial charge in [0.1, 0.15) is 0 Å². The van der Waals surface area contributed by atoms with Crippen LogP contribution in [0.1, 0.15) is 42.4 Å². The summed E-state index contributed by atoms with van der Waals surface area (Å²) in [6.07, 6.45) is 6.56. The Morgan fingerprint density at radius 2 is 1.93 bits per heavy atom. The molecule has 1 spiro atoms. The summed E-state index contributed by atoms with van der Waals surface area (Å²) < 4.78 is 0. The molecule has 0 saturated heterocycles. The lowest BCUT2D eigenvalue weighted by molar-refractivity contribution is 0.540.